The molecule has 3 aromatic carbocycles. The van der Waals surface area contributed by atoms with Crippen LogP contribution in [0.2, 0.25) is 0 Å². The molecule has 4 aromatic rings. The molecule has 0 aliphatic carbocycles. The lowest BCUT2D eigenvalue weighted by Crippen LogP contribution is -1.98. The highest BCUT2D eigenvalue weighted by Gasteiger charge is 2.18. The second-order valence-electron chi connectivity index (χ2n) is 7.21. The molecular weight excluding hydrogens is 420 g/mol. The molecule has 4 rings (SSSR count). The Morgan fingerprint density at radius 2 is 1.36 bits per heavy atom. The van der Waals surface area contributed by atoms with E-state index in [4.69, 9.17) is 23.7 Å². The molecule has 0 bridgehead atoms. The molecule has 170 valence electrons. The van der Waals surface area contributed by atoms with E-state index in [1.165, 1.54) is 0 Å². The number of H-pyrrole nitrogens is 1. The Bertz CT molecular complexity index is 1200. The van der Waals surface area contributed by atoms with Crippen molar-refractivity contribution in [1.29, 1.82) is 0 Å². The van der Waals surface area contributed by atoms with E-state index in [0.29, 0.717) is 35.4 Å². The minimum absolute atomic E-state index is 0.436. The Morgan fingerprint density at radius 3 is 2.00 bits per heavy atom. The van der Waals surface area contributed by atoms with Gasteiger partial charge in [-0.2, -0.15) is 5.10 Å². The third-order valence-electron chi connectivity index (χ3n) is 5.30. The molecule has 0 atom stereocenters. The number of ether oxygens (including phenoxy) is 5. The third-order valence-corrected chi connectivity index (χ3v) is 5.30. The molecule has 1 aromatic heterocycles. The van der Waals surface area contributed by atoms with Gasteiger partial charge in [-0.05, 0) is 35.4 Å². The zero-order chi connectivity index (χ0) is 23.2. The SMILES string of the molecule is COc1ccc(-c2cn[nH]c2-c2cc(OC)c(OC)c(OC)c2)cc1OCc1ccccc1. The highest BCUT2D eigenvalue weighted by molar-refractivity contribution is 5.83. The molecule has 0 spiro atoms. The molecule has 33 heavy (non-hydrogen) atoms. The van der Waals surface area contributed by atoms with Crippen molar-refractivity contribution in [3.05, 3.63) is 72.4 Å². The lowest BCUT2D eigenvalue weighted by Gasteiger charge is -2.15. The Morgan fingerprint density at radius 1 is 0.697 bits per heavy atom. The van der Waals surface area contributed by atoms with Gasteiger partial charge < -0.3 is 23.7 Å². The first-order valence-electron chi connectivity index (χ1n) is 10.4. The lowest BCUT2D eigenvalue weighted by molar-refractivity contribution is 0.284. The molecule has 0 aliphatic heterocycles. The summed E-state index contributed by atoms with van der Waals surface area (Å²) in [6, 6.07) is 19.6. The second-order valence-corrected chi connectivity index (χ2v) is 7.21. The van der Waals surface area contributed by atoms with Crippen LogP contribution in [0.25, 0.3) is 22.4 Å². The summed E-state index contributed by atoms with van der Waals surface area (Å²) in [6.45, 7) is 0.436. The number of nitrogens with one attached hydrogen (secondary N) is 1. The number of aromatic nitrogens is 2. The minimum Gasteiger partial charge on any atom is -0.493 e. The maximum absolute atomic E-state index is 6.09. The van der Waals surface area contributed by atoms with Crippen LogP contribution in [0.3, 0.4) is 0 Å². The topological polar surface area (TPSA) is 74.8 Å². The van der Waals surface area contributed by atoms with Crippen LogP contribution in [0.5, 0.6) is 28.7 Å². The first-order valence-corrected chi connectivity index (χ1v) is 10.4. The van der Waals surface area contributed by atoms with Gasteiger partial charge in [-0.25, -0.2) is 0 Å². The molecular formula is C26H26N2O5. The van der Waals surface area contributed by atoms with Crippen molar-refractivity contribution >= 4 is 0 Å². The lowest BCUT2D eigenvalue weighted by atomic mass is 10.0. The largest absolute Gasteiger partial charge is 0.493 e. The van der Waals surface area contributed by atoms with Crippen LogP contribution in [0.4, 0.5) is 0 Å². The van der Waals surface area contributed by atoms with Gasteiger partial charge in [0.2, 0.25) is 5.75 Å². The Hall–Kier alpha value is -4.13. The van der Waals surface area contributed by atoms with E-state index in [1.807, 2.05) is 60.7 Å². The van der Waals surface area contributed by atoms with Crippen LogP contribution in [-0.4, -0.2) is 38.6 Å². The smallest absolute Gasteiger partial charge is 0.203 e. The maximum atomic E-state index is 6.09. The summed E-state index contributed by atoms with van der Waals surface area (Å²) in [7, 11) is 6.39. The normalized spacial score (nSPS) is 10.5. The molecule has 1 N–H and O–H groups in total. The zero-order valence-corrected chi connectivity index (χ0v) is 19.0. The predicted molar refractivity (Wildman–Crippen MR) is 126 cm³/mol. The first-order chi connectivity index (χ1) is 16.2. The highest BCUT2D eigenvalue weighted by Crippen LogP contribution is 2.43. The number of rotatable bonds is 9. The molecule has 0 unspecified atom stereocenters. The average Bonchev–Trinajstić information content (AvgIpc) is 3.37. The van der Waals surface area contributed by atoms with E-state index in [2.05, 4.69) is 10.2 Å². The van der Waals surface area contributed by atoms with Crippen molar-refractivity contribution in [2.75, 3.05) is 28.4 Å². The fourth-order valence-electron chi connectivity index (χ4n) is 3.64. The van der Waals surface area contributed by atoms with E-state index >= 15 is 0 Å². The summed E-state index contributed by atoms with van der Waals surface area (Å²) in [6.07, 6.45) is 1.78. The van der Waals surface area contributed by atoms with Gasteiger partial charge in [-0.3, -0.25) is 5.10 Å². The number of aromatic amines is 1. The van der Waals surface area contributed by atoms with Crippen molar-refractivity contribution in [2.24, 2.45) is 0 Å². The van der Waals surface area contributed by atoms with Crippen LogP contribution in [-0.2, 0) is 6.61 Å². The summed E-state index contributed by atoms with van der Waals surface area (Å²) in [4.78, 5) is 0. The number of hydrogen-bond acceptors (Lipinski definition) is 6. The second kappa shape index (κ2) is 9.99. The summed E-state index contributed by atoms with van der Waals surface area (Å²) < 4.78 is 28.1. The van der Waals surface area contributed by atoms with Crippen LogP contribution >= 0.6 is 0 Å². The van der Waals surface area contributed by atoms with Crippen molar-refractivity contribution < 1.29 is 23.7 Å². The first kappa shape index (κ1) is 22.1. The van der Waals surface area contributed by atoms with Crippen LogP contribution in [0.1, 0.15) is 5.56 Å². The molecule has 7 nitrogen and oxygen atoms in total. The Labute approximate surface area is 192 Å². The Kier molecular flexibility index (Phi) is 6.69. The molecule has 1 heterocycles. The third kappa shape index (κ3) is 4.57. The van der Waals surface area contributed by atoms with E-state index < -0.39 is 0 Å². The van der Waals surface area contributed by atoms with Crippen LogP contribution in [0.15, 0.2) is 66.9 Å². The summed E-state index contributed by atoms with van der Waals surface area (Å²) in [5.41, 5.74) is 4.56. The summed E-state index contributed by atoms with van der Waals surface area (Å²) in [5, 5.41) is 7.38. The fourth-order valence-corrected chi connectivity index (χ4v) is 3.64. The van der Waals surface area contributed by atoms with E-state index in [0.717, 1.165) is 27.9 Å². The molecule has 0 fully saturated rings. The van der Waals surface area contributed by atoms with E-state index in [-0.39, 0.29) is 0 Å². The predicted octanol–water partition coefficient (Wildman–Crippen LogP) is 5.36. The molecule has 0 saturated heterocycles. The number of methoxy groups -OCH3 is 4. The van der Waals surface area contributed by atoms with E-state index in [1.54, 1.807) is 34.6 Å². The standard InChI is InChI=1S/C26H26N2O5/c1-29-21-11-10-18(12-22(21)33-16-17-8-6-5-7-9-17)20-15-27-28-25(20)19-13-23(30-2)26(32-4)24(14-19)31-3/h5-15H,16H2,1-4H3,(H,27,28). The van der Waals surface area contributed by atoms with Gasteiger partial charge in [0.05, 0.1) is 40.3 Å². The zero-order valence-electron chi connectivity index (χ0n) is 19.0. The quantitative estimate of drug-likeness (QED) is 0.373. The van der Waals surface area contributed by atoms with Crippen LogP contribution < -0.4 is 23.7 Å². The number of hydrogen-bond donors (Lipinski definition) is 1. The van der Waals surface area contributed by atoms with Gasteiger partial charge in [0.1, 0.15) is 6.61 Å². The Balaban J connectivity index is 1.72. The summed E-state index contributed by atoms with van der Waals surface area (Å²) >= 11 is 0. The van der Waals surface area contributed by atoms with Crippen molar-refractivity contribution in [3.8, 4) is 51.1 Å². The molecule has 0 saturated carbocycles. The van der Waals surface area contributed by atoms with Gasteiger partial charge >= 0.3 is 0 Å². The van der Waals surface area contributed by atoms with Crippen molar-refractivity contribution in [1.82, 2.24) is 10.2 Å². The van der Waals surface area contributed by atoms with Gasteiger partial charge in [-0.15, -0.1) is 0 Å². The maximum Gasteiger partial charge on any atom is 0.203 e. The van der Waals surface area contributed by atoms with Gasteiger partial charge in [0.25, 0.3) is 0 Å². The van der Waals surface area contributed by atoms with Crippen LogP contribution in [0, 0.1) is 0 Å². The monoisotopic (exact) mass is 446 g/mol. The summed E-state index contributed by atoms with van der Waals surface area (Å²) in [5.74, 6) is 2.97. The molecule has 7 heteroatoms. The molecule has 0 aliphatic rings. The van der Waals surface area contributed by atoms with Gasteiger partial charge in [0.15, 0.2) is 23.0 Å². The van der Waals surface area contributed by atoms with Gasteiger partial charge in [0, 0.05) is 11.1 Å². The average molecular weight is 447 g/mol. The van der Waals surface area contributed by atoms with E-state index in [9.17, 15) is 0 Å². The van der Waals surface area contributed by atoms with Crippen molar-refractivity contribution in [3.63, 3.8) is 0 Å². The highest BCUT2D eigenvalue weighted by atomic mass is 16.5. The van der Waals surface area contributed by atoms with Gasteiger partial charge in [-0.1, -0.05) is 36.4 Å². The molecule has 0 radical (unpaired) electrons. The number of benzene rings is 3. The fraction of sp³-hybridized carbons (Fsp3) is 0.192. The van der Waals surface area contributed by atoms with Crippen molar-refractivity contribution in [2.45, 2.75) is 6.61 Å². The molecule has 0 amide bonds. The minimum atomic E-state index is 0.436. The number of nitrogens with zero attached hydrogens (tertiary/aromatic N) is 1.